The highest BCUT2D eigenvalue weighted by molar-refractivity contribution is 9.10. The summed E-state index contributed by atoms with van der Waals surface area (Å²) in [5, 5.41) is 10.8. The molecular formula is C12H8BrN3O5. The molecule has 1 aromatic heterocycles. The summed E-state index contributed by atoms with van der Waals surface area (Å²) in [4.78, 5) is 29.3. The number of esters is 1. The summed E-state index contributed by atoms with van der Waals surface area (Å²) in [6.45, 7) is 0. The second-order valence-corrected chi connectivity index (χ2v) is 4.48. The van der Waals surface area contributed by atoms with E-state index in [2.05, 4.69) is 30.6 Å². The first-order valence-electron chi connectivity index (χ1n) is 5.54. The highest BCUT2D eigenvalue weighted by Crippen LogP contribution is 2.35. The van der Waals surface area contributed by atoms with Gasteiger partial charge in [-0.15, -0.1) is 0 Å². The van der Waals surface area contributed by atoms with E-state index in [9.17, 15) is 14.9 Å². The first kappa shape index (κ1) is 14.9. The van der Waals surface area contributed by atoms with E-state index in [1.54, 1.807) is 0 Å². The van der Waals surface area contributed by atoms with Gasteiger partial charge in [-0.05, 0) is 22.0 Å². The minimum absolute atomic E-state index is 0.0131. The lowest BCUT2D eigenvalue weighted by Gasteiger charge is -2.07. The Balaban J connectivity index is 2.33. The van der Waals surface area contributed by atoms with Crippen molar-refractivity contribution in [3.8, 4) is 11.6 Å². The molecule has 0 radical (unpaired) electrons. The van der Waals surface area contributed by atoms with Crippen LogP contribution in [-0.2, 0) is 4.74 Å². The lowest BCUT2D eigenvalue weighted by atomic mass is 10.3. The molecule has 0 atom stereocenters. The third-order valence-electron chi connectivity index (χ3n) is 2.36. The van der Waals surface area contributed by atoms with Crippen molar-refractivity contribution >= 4 is 27.6 Å². The highest BCUT2D eigenvalue weighted by Gasteiger charge is 2.17. The molecule has 2 aromatic rings. The minimum Gasteiger partial charge on any atom is -0.464 e. The van der Waals surface area contributed by atoms with Gasteiger partial charge in [-0.2, -0.15) is 0 Å². The van der Waals surface area contributed by atoms with Crippen molar-refractivity contribution in [3.05, 3.63) is 50.9 Å². The Morgan fingerprint density at radius 1 is 1.38 bits per heavy atom. The van der Waals surface area contributed by atoms with Gasteiger partial charge in [-0.1, -0.05) is 6.07 Å². The molecule has 0 unspecified atom stereocenters. The fourth-order valence-electron chi connectivity index (χ4n) is 1.43. The topological polar surface area (TPSA) is 104 Å². The fraction of sp³-hybridized carbons (Fsp3) is 0.0833. The molecule has 0 saturated heterocycles. The van der Waals surface area contributed by atoms with Gasteiger partial charge in [0.2, 0.25) is 5.88 Å². The number of ether oxygens (including phenoxy) is 2. The maximum atomic E-state index is 11.3. The number of nitro benzene ring substituents is 1. The summed E-state index contributed by atoms with van der Waals surface area (Å²) >= 11 is 3.09. The van der Waals surface area contributed by atoms with Crippen LogP contribution in [0.1, 0.15) is 10.5 Å². The van der Waals surface area contributed by atoms with Crippen LogP contribution in [0.25, 0.3) is 0 Å². The molecule has 9 heteroatoms. The Morgan fingerprint density at radius 2 is 2.14 bits per heavy atom. The zero-order chi connectivity index (χ0) is 15.4. The molecule has 0 spiro atoms. The molecule has 0 aliphatic heterocycles. The number of nitrogens with zero attached hydrogens (tertiary/aromatic N) is 3. The van der Waals surface area contributed by atoms with Crippen molar-refractivity contribution in [1.82, 2.24) is 9.97 Å². The van der Waals surface area contributed by atoms with Crippen molar-refractivity contribution in [2.45, 2.75) is 0 Å². The van der Waals surface area contributed by atoms with Crippen molar-refractivity contribution in [2.24, 2.45) is 0 Å². The first-order chi connectivity index (χ1) is 10.0. The van der Waals surface area contributed by atoms with E-state index in [-0.39, 0.29) is 27.5 Å². The Kier molecular flexibility index (Phi) is 4.43. The lowest BCUT2D eigenvalue weighted by Crippen LogP contribution is -2.05. The lowest BCUT2D eigenvalue weighted by molar-refractivity contribution is -0.385. The van der Waals surface area contributed by atoms with Gasteiger partial charge in [0.05, 0.1) is 24.4 Å². The van der Waals surface area contributed by atoms with Crippen LogP contribution >= 0.6 is 15.9 Å². The van der Waals surface area contributed by atoms with E-state index < -0.39 is 10.9 Å². The molecule has 0 fully saturated rings. The second kappa shape index (κ2) is 6.27. The van der Waals surface area contributed by atoms with E-state index in [0.717, 1.165) is 0 Å². The van der Waals surface area contributed by atoms with Gasteiger partial charge in [0.1, 0.15) is 4.47 Å². The molecule has 108 valence electrons. The van der Waals surface area contributed by atoms with E-state index in [1.165, 1.54) is 37.7 Å². The van der Waals surface area contributed by atoms with Crippen LogP contribution in [0.4, 0.5) is 5.69 Å². The number of benzene rings is 1. The number of carbonyl (C=O) groups excluding carboxylic acids is 1. The molecule has 0 bridgehead atoms. The average molecular weight is 354 g/mol. The van der Waals surface area contributed by atoms with Crippen LogP contribution in [0.15, 0.2) is 35.1 Å². The number of aromatic nitrogens is 2. The third-order valence-corrected chi connectivity index (χ3v) is 3.16. The summed E-state index contributed by atoms with van der Waals surface area (Å²) in [6, 6.07) is 4.31. The molecule has 2 rings (SSSR count). The van der Waals surface area contributed by atoms with E-state index >= 15 is 0 Å². The van der Waals surface area contributed by atoms with Gasteiger partial charge in [0, 0.05) is 6.07 Å². The SMILES string of the molecule is COC(=O)c1cncc(Oc2cccc([N+](=O)[O-])c2Br)n1. The number of methoxy groups -OCH3 is 1. The Hall–Kier alpha value is -2.55. The van der Waals surface area contributed by atoms with Gasteiger partial charge in [0.15, 0.2) is 11.4 Å². The standard InChI is InChI=1S/C12H8BrN3O5/c1-20-12(17)7-5-14-6-10(15-7)21-9-4-2-3-8(11(9)13)16(18)19/h2-6H,1H3. The monoisotopic (exact) mass is 353 g/mol. The second-order valence-electron chi connectivity index (χ2n) is 3.68. The van der Waals surface area contributed by atoms with Crippen LogP contribution in [0, 0.1) is 10.1 Å². The van der Waals surface area contributed by atoms with Crippen LogP contribution < -0.4 is 4.74 Å². The molecule has 0 saturated carbocycles. The van der Waals surface area contributed by atoms with Gasteiger partial charge in [0.25, 0.3) is 5.69 Å². The van der Waals surface area contributed by atoms with Crippen LogP contribution in [0.3, 0.4) is 0 Å². The summed E-state index contributed by atoms with van der Waals surface area (Å²) in [6.07, 6.45) is 2.50. The summed E-state index contributed by atoms with van der Waals surface area (Å²) in [5.41, 5.74) is -0.180. The quantitative estimate of drug-likeness (QED) is 0.472. The summed E-state index contributed by atoms with van der Waals surface area (Å²) in [5.74, 6) is -0.467. The minimum atomic E-state index is -0.661. The van der Waals surface area contributed by atoms with E-state index in [0.29, 0.717) is 0 Å². The van der Waals surface area contributed by atoms with Crippen LogP contribution in [0.2, 0.25) is 0 Å². The van der Waals surface area contributed by atoms with Gasteiger partial charge in [-0.25, -0.2) is 9.78 Å². The highest BCUT2D eigenvalue weighted by atomic mass is 79.9. The molecule has 0 aliphatic rings. The molecular weight excluding hydrogens is 346 g/mol. The summed E-state index contributed by atoms with van der Waals surface area (Å²) in [7, 11) is 1.22. The van der Waals surface area contributed by atoms with Gasteiger partial charge < -0.3 is 9.47 Å². The predicted molar refractivity (Wildman–Crippen MR) is 74.2 cm³/mol. The van der Waals surface area contributed by atoms with Gasteiger partial charge in [-0.3, -0.25) is 15.1 Å². The zero-order valence-electron chi connectivity index (χ0n) is 10.6. The smallest absolute Gasteiger partial charge is 0.358 e. The number of rotatable bonds is 4. The van der Waals surface area contributed by atoms with Crippen LogP contribution in [-0.4, -0.2) is 28.0 Å². The van der Waals surface area contributed by atoms with Crippen molar-refractivity contribution < 1.29 is 19.2 Å². The molecule has 1 aromatic carbocycles. The van der Waals surface area contributed by atoms with Crippen molar-refractivity contribution in [3.63, 3.8) is 0 Å². The maximum absolute atomic E-state index is 11.3. The van der Waals surface area contributed by atoms with Gasteiger partial charge >= 0.3 is 5.97 Å². The third kappa shape index (κ3) is 3.31. The number of hydrogen-bond acceptors (Lipinski definition) is 7. The molecule has 0 N–H and O–H groups in total. The maximum Gasteiger partial charge on any atom is 0.358 e. The number of hydrogen-bond donors (Lipinski definition) is 0. The molecule has 21 heavy (non-hydrogen) atoms. The number of halogens is 1. The Bertz CT molecular complexity index is 707. The molecule has 0 aliphatic carbocycles. The summed E-state index contributed by atoms with van der Waals surface area (Å²) < 4.78 is 10.1. The average Bonchev–Trinajstić information content (AvgIpc) is 2.48. The van der Waals surface area contributed by atoms with Crippen molar-refractivity contribution in [2.75, 3.05) is 7.11 Å². The molecule has 8 nitrogen and oxygen atoms in total. The largest absolute Gasteiger partial charge is 0.464 e. The van der Waals surface area contributed by atoms with E-state index in [1.807, 2.05) is 0 Å². The number of carbonyl (C=O) groups is 1. The number of nitro groups is 1. The fourth-order valence-corrected chi connectivity index (χ4v) is 1.92. The normalized spacial score (nSPS) is 10.0. The Morgan fingerprint density at radius 3 is 2.81 bits per heavy atom. The Labute approximate surface area is 127 Å². The van der Waals surface area contributed by atoms with Crippen LogP contribution in [0.5, 0.6) is 11.6 Å². The zero-order valence-corrected chi connectivity index (χ0v) is 12.2. The van der Waals surface area contributed by atoms with Crippen molar-refractivity contribution in [1.29, 1.82) is 0 Å². The molecule has 1 heterocycles. The first-order valence-corrected chi connectivity index (χ1v) is 6.33. The van der Waals surface area contributed by atoms with E-state index in [4.69, 9.17) is 4.74 Å². The predicted octanol–water partition coefficient (Wildman–Crippen LogP) is 2.73. The molecule has 0 amide bonds.